The third kappa shape index (κ3) is 3.17. The van der Waals surface area contributed by atoms with E-state index in [0.29, 0.717) is 19.5 Å². The molecule has 1 atom stereocenters. The third-order valence-corrected chi connectivity index (χ3v) is 2.64. The molecule has 0 aliphatic rings. The molecule has 1 amide bonds. The Morgan fingerprint density at radius 2 is 2.24 bits per heavy atom. The molecule has 0 aliphatic heterocycles. The second-order valence-electron chi connectivity index (χ2n) is 3.88. The number of pyridine rings is 1. The maximum absolute atomic E-state index is 11.9. The van der Waals surface area contributed by atoms with Gasteiger partial charge >= 0.3 is 0 Å². The van der Waals surface area contributed by atoms with Gasteiger partial charge in [-0.2, -0.15) is 0 Å². The summed E-state index contributed by atoms with van der Waals surface area (Å²) in [4.78, 5) is 23.7. The Balaban J connectivity index is 3.01. The van der Waals surface area contributed by atoms with Crippen LogP contribution in [0.3, 0.4) is 0 Å². The molecule has 17 heavy (non-hydrogen) atoms. The number of hydrogen-bond acceptors (Lipinski definition) is 3. The van der Waals surface area contributed by atoms with E-state index in [-0.39, 0.29) is 11.5 Å². The van der Waals surface area contributed by atoms with Gasteiger partial charge in [0.2, 0.25) is 5.91 Å². The summed E-state index contributed by atoms with van der Waals surface area (Å²) in [5, 5.41) is 2.71. The van der Waals surface area contributed by atoms with E-state index in [9.17, 15) is 9.59 Å². The van der Waals surface area contributed by atoms with Crippen LogP contribution in [0.2, 0.25) is 0 Å². The zero-order valence-electron chi connectivity index (χ0n) is 10.3. The van der Waals surface area contributed by atoms with Gasteiger partial charge in [0.05, 0.1) is 0 Å². The Bertz CT molecular complexity index is 440. The molecule has 1 rings (SSSR count). The second-order valence-corrected chi connectivity index (χ2v) is 3.88. The zero-order valence-corrected chi connectivity index (χ0v) is 10.3. The lowest BCUT2D eigenvalue weighted by Gasteiger charge is -2.19. The fourth-order valence-corrected chi connectivity index (χ4v) is 1.80. The lowest BCUT2D eigenvalue weighted by molar-refractivity contribution is -0.124. The van der Waals surface area contributed by atoms with Crippen LogP contribution >= 0.6 is 0 Å². The number of hydrogen-bond donors (Lipinski definition) is 2. The monoisotopic (exact) mass is 237 g/mol. The summed E-state index contributed by atoms with van der Waals surface area (Å²) in [5.41, 5.74) is 5.97. The molecular formula is C12H19N3O2. The molecule has 0 bridgehead atoms. The predicted molar refractivity (Wildman–Crippen MR) is 66.8 cm³/mol. The number of rotatable bonds is 5. The van der Waals surface area contributed by atoms with Crippen molar-refractivity contribution in [3.63, 3.8) is 0 Å². The van der Waals surface area contributed by atoms with Crippen LogP contribution in [0.4, 0.5) is 0 Å². The highest BCUT2D eigenvalue weighted by atomic mass is 16.2. The molecule has 1 aromatic heterocycles. The summed E-state index contributed by atoms with van der Waals surface area (Å²) in [6, 6.07) is 4.51. The number of amides is 1. The molecular weight excluding hydrogens is 218 g/mol. The van der Waals surface area contributed by atoms with E-state index in [4.69, 9.17) is 5.73 Å². The van der Waals surface area contributed by atoms with Crippen molar-refractivity contribution in [3.8, 4) is 0 Å². The zero-order chi connectivity index (χ0) is 12.8. The van der Waals surface area contributed by atoms with Crippen molar-refractivity contribution in [2.75, 3.05) is 13.1 Å². The van der Waals surface area contributed by atoms with Crippen LogP contribution in [0.1, 0.15) is 25.1 Å². The molecule has 0 fully saturated rings. The van der Waals surface area contributed by atoms with Gasteiger partial charge in [-0.15, -0.1) is 0 Å². The summed E-state index contributed by atoms with van der Waals surface area (Å²) in [6.45, 7) is 4.52. The first-order valence-electron chi connectivity index (χ1n) is 5.77. The number of carbonyl (C=O) groups excluding carboxylic acids is 1. The summed E-state index contributed by atoms with van der Waals surface area (Å²) in [7, 11) is 0. The topological polar surface area (TPSA) is 77.1 Å². The van der Waals surface area contributed by atoms with Crippen molar-refractivity contribution in [2.24, 2.45) is 5.73 Å². The smallest absolute Gasteiger partial charge is 0.251 e. The average Bonchev–Trinajstić information content (AvgIpc) is 2.31. The molecule has 0 saturated carbocycles. The van der Waals surface area contributed by atoms with Crippen molar-refractivity contribution in [2.45, 2.75) is 26.3 Å². The van der Waals surface area contributed by atoms with E-state index < -0.39 is 6.04 Å². The summed E-state index contributed by atoms with van der Waals surface area (Å²) >= 11 is 0. The van der Waals surface area contributed by atoms with E-state index in [1.807, 2.05) is 19.9 Å². The van der Waals surface area contributed by atoms with Gasteiger partial charge in [-0.3, -0.25) is 9.59 Å². The van der Waals surface area contributed by atoms with Crippen LogP contribution < -0.4 is 16.6 Å². The van der Waals surface area contributed by atoms with Crippen LogP contribution in [-0.4, -0.2) is 23.6 Å². The molecule has 0 aliphatic carbocycles. The second kappa shape index (κ2) is 6.20. The Morgan fingerprint density at radius 3 is 2.76 bits per heavy atom. The largest absolute Gasteiger partial charge is 0.353 e. The number of aromatic nitrogens is 1. The molecule has 5 heteroatoms. The Hall–Kier alpha value is -1.62. The molecule has 3 N–H and O–H groups in total. The van der Waals surface area contributed by atoms with Crippen LogP contribution in [0.5, 0.6) is 0 Å². The van der Waals surface area contributed by atoms with E-state index in [1.165, 1.54) is 10.6 Å². The predicted octanol–water partition coefficient (Wildman–Crippen LogP) is 0.183. The Morgan fingerprint density at radius 1 is 1.53 bits per heavy atom. The van der Waals surface area contributed by atoms with Crippen molar-refractivity contribution >= 4 is 5.91 Å². The maximum Gasteiger partial charge on any atom is 0.251 e. The van der Waals surface area contributed by atoms with Crippen LogP contribution in [0.25, 0.3) is 0 Å². The van der Waals surface area contributed by atoms with Crippen LogP contribution in [0.15, 0.2) is 23.0 Å². The molecule has 1 unspecified atom stereocenters. The van der Waals surface area contributed by atoms with Crippen LogP contribution in [-0.2, 0) is 4.79 Å². The van der Waals surface area contributed by atoms with Gasteiger partial charge in [-0.1, -0.05) is 13.0 Å². The first kappa shape index (κ1) is 13.4. The normalized spacial score (nSPS) is 12.2. The lowest BCUT2D eigenvalue weighted by Crippen LogP contribution is -2.39. The molecule has 0 aromatic carbocycles. The summed E-state index contributed by atoms with van der Waals surface area (Å²) in [6.07, 6.45) is 0.571. The number of carbonyl (C=O) groups is 1. The highest BCUT2D eigenvalue weighted by Crippen LogP contribution is 2.11. The highest BCUT2D eigenvalue weighted by molar-refractivity contribution is 5.80. The third-order valence-electron chi connectivity index (χ3n) is 2.64. The quantitative estimate of drug-likeness (QED) is 0.767. The SMILES string of the molecule is CCC(C(=O)NCCN)n1c(C)cccc1=O. The van der Waals surface area contributed by atoms with Gasteiger partial charge in [-0.25, -0.2) is 0 Å². The van der Waals surface area contributed by atoms with Gasteiger partial charge in [0.15, 0.2) is 0 Å². The molecule has 0 radical (unpaired) electrons. The van der Waals surface area contributed by atoms with Gasteiger partial charge in [-0.05, 0) is 19.4 Å². The molecule has 5 nitrogen and oxygen atoms in total. The number of nitrogens with zero attached hydrogens (tertiary/aromatic N) is 1. The number of aryl methyl sites for hydroxylation is 1. The van der Waals surface area contributed by atoms with Crippen molar-refractivity contribution in [3.05, 3.63) is 34.2 Å². The highest BCUT2D eigenvalue weighted by Gasteiger charge is 2.19. The minimum atomic E-state index is -0.463. The van der Waals surface area contributed by atoms with Crippen LogP contribution in [0, 0.1) is 6.92 Å². The first-order chi connectivity index (χ1) is 8.11. The fraction of sp³-hybridized carbons (Fsp3) is 0.500. The van der Waals surface area contributed by atoms with Gasteiger partial charge in [0.25, 0.3) is 5.56 Å². The number of nitrogens with one attached hydrogen (secondary N) is 1. The molecule has 94 valence electrons. The first-order valence-corrected chi connectivity index (χ1v) is 5.77. The van der Waals surface area contributed by atoms with E-state index >= 15 is 0 Å². The van der Waals surface area contributed by atoms with Crippen molar-refractivity contribution < 1.29 is 4.79 Å². The minimum absolute atomic E-state index is 0.153. The fourth-order valence-electron chi connectivity index (χ4n) is 1.80. The van der Waals surface area contributed by atoms with Gasteiger partial charge < -0.3 is 15.6 Å². The van der Waals surface area contributed by atoms with E-state index in [2.05, 4.69) is 5.32 Å². The van der Waals surface area contributed by atoms with E-state index in [0.717, 1.165) is 5.69 Å². The lowest BCUT2D eigenvalue weighted by atomic mass is 10.2. The Kier molecular flexibility index (Phi) is 4.90. The summed E-state index contributed by atoms with van der Waals surface area (Å²) in [5.74, 6) is -0.158. The maximum atomic E-state index is 11.9. The van der Waals surface area contributed by atoms with Gasteiger partial charge in [0, 0.05) is 24.8 Å². The molecule has 0 spiro atoms. The molecule has 1 aromatic rings. The average molecular weight is 237 g/mol. The number of nitrogens with two attached hydrogens (primary N) is 1. The molecule has 0 saturated heterocycles. The molecule has 1 heterocycles. The van der Waals surface area contributed by atoms with Gasteiger partial charge in [0.1, 0.15) is 6.04 Å². The summed E-state index contributed by atoms with van der Waals surface area (Å²) < 4.78 is 1.52. The minimum Gasteiger partial charge on any atom is -0.353 e. The van der Waals surface area contributed by atoms with Crippen molar-refractivity contribution in [1.29, 1.82) is 0 Å². The Labute approximate surface area is 101 Å². The van der Waals surface area contributed by atoms with E-state index in [1.54, 1.807) is 6.07 Å². The standard InChI is InChI=1S/C12H19N3O2/c1-3-10(12(17)14-8-7-13)15-9(2)5-4-6-11(15)16/h4-6,10H,3,7-8,13H2,1-2H3,(H,14,17). The van der Waals surface area contributed by atoms with Crippen molar-refractivity contribution in [1.82, 2.24) is 9.88 Å².